The number of fused-ring (bicyclic) bond motifs is 1. The second-order valence-electron chi connectivity index (χ2n) is 4.74. The van der Waals surface area contributed by atoms with Gasteiger partial charge in [-0.15, -0.1) is 6.58 Å². The number of aliphatic hydroxyl groups is 1. The van der Waals surface area contributed by atoms with Crippen molar-refractivity contribution in [3.05, 3.63) is 59.8 Å². The van der Waals surface area contributed by atoms with Gasteiger partial charge in [0.1, 0.15) is 0 Å². The first-order valence-corrected chi connectivity index (χ1v) is 6.31. The molecule has 2 atom stereocenters. The van der Waals surface area contributed by atoms with Crippen LogP contribution in [0.4, 0.5) is 0 Å². The first-order chi connectivity index (χ1) is 8.67. The predicted molar refractivity (Wildman–Crippen MR) is 73.9 cm³/mol. The van der Waals surface area contributed by atoms with Crippen LogP contribution in [0.25, 0.3) is 0 Å². The minimum Gasteiger partial charge on any atom is -0.367 e. The topological polar surface area (TPSA) is 29.5 Å². The third-order valence-electron chi connectivity index (χ3n) is 3.56. The minimum absolute atomic E-state index is 0.0868. The summed E-state index contributed by atoms with van der Waals surface area (Å²) in [5, 5.41) is 9.76. The molecule has 18 heavy (non-hydrogen) atoms. The van der Waals surface area contributed by atoms with Crippen LogP contribution in [0.1, 0.15) is 19.3 Å². The van der Waals surface area contributed by atoms with Gasteiger partial charge in [0.05, 0.1) is 0 Å². The lowest BCUT2D eigenvalue weighted by molar-refractivity contribution is -0.0997. The molecule has 1 N–H and O–H groups in total. The number of rotatable bonds is 5. The number of hydrogen-bond acceptors (Lipinski definition) is 2. The van der Waals surface area contributed by atoms with Gasteiger partial charge in [0.15, 0.2) is 6.29 Å². The van der Waals surface area contributed by atoms with Crippen molar-refractivity contribution in [1.29, 1.82) is 0 Å². The molecule has 0 amide bonds. The molecule has 2 aliphatic rings. The van der Waals surface area contributed by atoms with Gasteiger partial charge >= 0.3 is 0 Å². The van der Waals surface area contributed by atoms with Crippen LogP contribution in [0, 0.1) is 5.92 Å². The van der Waals surface area contributed by atoms with Crippen LogP contribution in [-0.2, 0) is 4.74 Å². The molecule has 2 rings (SSSR count). The second kappa shape index (κ2) is 5.51. The summed E-state index contributed by atoms with van der Waals surface area (Å²) in [6, 6.07) is 0. The van der Waals surface area contributed by atoms with Crippen molar-refractivity contribution in [3.63, 3.8) is 0 Å². The average molecular weight is 244 g/mol. The summed E-state index contributed by atoms with van der Waals surface area (Å²) in [5.41, 5.74) is 4.84. The summed E-state index contributed by atoms with van der Waals surface area (Å²) in [6.07, 6.45) is 10.5. The fraction of sp³-hybridized carbons (Fsp3) is 0.375. The van der Waals surface area contributed by atoms with Crippen molar-refractivity contribution in [2.24, 2.45) is 5.92 Å². The minimum atomic E-state index is -0.797. The van der Waals surface area contributed by atoms with E-state index in [0.717, 1.165) is 24.8 Å². The molecular formula is C16H20O2. The molecule has 0 aromatic rings. The molecule has 0 aliphatic heterocycles. The highest BCUT2D eigenvalue weighted by Gasteiger charge is 2.25. The van der Waals surface area contributed by atoms with Crippen molar-refractivity contribution in [2.75, 3.05) is 7.11 Å². The Hall–Kier alpha value is -1.38. The van der Waals surface area contributed by atoms with E-state index in [0.29, 0.717) is 0 Å². The zero-order valence-corrected chi connectivity index (χ0v) is 10.9. The Morgan fingerprint density at radius 1 is 1.39 bits per heavy atom. The van der Waals surface area contributed by atoms with Crippen LogP contribution in [0.3, 0.4) is 0 Å². The van der Waals surface area contributed by atoms with Crippen LogP contribution in [0.5, 0.6) is 0 Å². The maximum atomic E-state index is 9.76. The Kier molecular flexibility index (Phi) is 4.00. The largest absolute Gasteiger partial charge is 0.367 e. The van der Waals surface area contributed by atoms with Gasteiger partial charge in [-0.05, 0) is 41.6 Å². The van der Waals surface area contributed by atoms with Gasteiger partial charge in [0, 0.05) is 13.0 Å². The monoisotopic (exact) mass is 244 g/mol. The van der Waals surface area contributed by atoms with Gasteiger partial charge in [0.25, 0.3) is 0 Å². The van der Waals surface area contributed by atoms with E-state index in [4.69, 9.17) is 4.74 Å². The molecule has 0 heterocycles. The van der Waals surface area contributed by atoms with Crippen LogP contribution in [0.15, 0.2) is 59.8 Å². The number of methoxy groups -OCH3 is 1. The van der Waals surface area contributed by atoms with Crippen molar-refractivity contribution >= 4 is 0 Å². The molecule has 0 aromatic carbocycles. The summed E-state index contributed by atoms with van der Waals surface area (Å²) >= 11 is 0. The molecule has 96 valence electrons. The van der Waals surface area contributed by atoms with Gasteiger partial charge in [-0.2, -0.15) is 0 Å². The number of ether oxygens (including phenoxy) is 1. The molecule has 2 unspecified atom stereocenters. The van der Waals surface area contributed by atoms with Crippen LogP contribution >= 0.6 is 0 Å². The predicted octanol–water partition coefficient (Wildman–Crippen LogP) is 3.29. The molecule has 2 heteroatoms. The normalized spacial score (nSPS) is 21.7. The van der Waals surface area contributed by atoms with Gasteiger partial charge in [-0.25, -0.2) is 0 Å². The van der Waals surface area contributed by atoms with E-state index >= 15 is 0 Å². The molecule has 0 saturated heterocycles. The highest BCUT2D eigenvalue weighted by atomic mass is 16.6. The highest BCUT2D eigenvalue weighted by Crippen LogP contribution is 2.40. The van der Waals surface area contributed by atoms with E-state index in [1.807, 2.05) is 0 Å². The quantitative estimate of drug-likeness (QED) is 0.594. The molecule has 0 fully saturated rings. The SMILES string of the molecule is C=CC(CC1=CC(=C)C2=CCCC=C12)C(O)OC. The van der Waals surface area contributed by atoms with Crippen LogP contribution < -0.4 is 0 Å². The average Bonchev–Trinajstić information content (AvgIpc) is 2.72. The Morgan fingerprint density at radius 2 is 2.06 bits per heavy atom. The van der Waals surface area contributed by atoms with Gasteiger partial charge < -0.3 is 9.84 Å². The zero-order valence-electron chi connectivity index (χ0n) is 10.9. The van der Waals surface area contributed by atoms with E-state index in [1.165, 1.54) is 23.8 Å². The fourth-order valence-electron chi connectivity index (χ4n) is 2.55. The third kappa shape index (κ3) is 2.40. The maximum Gasteiger partial charge on any atom is 0.160 e. The van der Waals surface area contributed by atoms with Crippen LogP contribution in [0.2, 0.25) is 0 Å². The van der Waals surface area contributed by atoms with Crippen molar-refractivity contribution < 1.29 is 9.84 Å². The second-order valence-corrected chi connectivity index (χ2v) is 4.74. The van der Waals surface area contributed by atoms with Gasteiger partial charge in [-0.3, -0.25) is 0 Å². The maximum absolute atomic E-state index is 9.76. The summed E-state index contributed by atoms with van der Waals surface area (Å²) in [6.45, 7) is 7.85. The van der Waals surface area contributed by atoms with Crippen molar-refractivity contribution in [3.8, 4) is 0 Å². The fourth-order valence-corrected chi connectivity index (χ4v) is 2.55. The standard InChI is InChI=1S/C16H20O2/c1-4-12(16(17)18-3)10-13-9-11(2)14-7-5-6-8-15(13)14/h4,7-9,12,16-17H,1-2,5-6,10H2,3H3. The summed E-state index contributed by atoms with van der Waals surface area (Å²) < 4.78 is 4.98. The Morgan fingerprint density at radius 3 is 2.67 bits per heavy atom. The molecule has 0 spiro atoms. The first kappa shape index (κ1) is 13.1. The lowest BCUT2D eigenvalue weighted by Gasteiger charge is -2.20. The molecule has 0 radical (unpaired) electrons. The van der Waals surface area contributed by atoms with Crippen LogP contribution in [-0.4, -0.2) is 18.5 Å². The molecule has 2 nitrogen and oxygen atoms in total. The summed E-state index contributed by atoms with van der Waals surface area (Å²) in [4.78, 5) is 0. The third-order valence-corrected chi connectivity index (χ3v) is 3.56. The molecule has 0 aromatic heterocycles. The molecular weight excluding hydrogens is 224 g/mol. The lowest BCUT2D eigenvalue weighted by Crippen LogP contribution is -2.21. The number of allylic oxidation sites excluding steroid dienone is 7. The van der Waals surface area contributed by atoms with E-state index in [-0.39, 0.29) is 5.92 Å². The van der Waals surface area contributed by atoms with E-state index in [9.17, 15) is 5.11 Å². The highest BCUT2D eigenvalue weighted by molar-refractivity contribution is 5.67. The number of aliphatic hydroxyl groups excluding tert-OH is 1. The Bertz CT molecular complexity index is 452. The smallest absolute Gasteiger partial charge is 0.160 e. The van der Waals surface area contributed by atoms with Gasteiger partial charge in [0.2, 0.25) is 0 Å². The molecule has 2 aliphatic carbocycles. The lowest BCUT2D eigenvalue weighted by atomic mass is 9.90. The first-order valence-electron chi connectivity index (χ1n) is 6.31. The van der Waals surface area contributed by atoms with E-state index < -0.39 is 6.29 Å². The summed E-state index contributed by atoms with van der Waals surface area (Å²) in [7, 11) is 1.51. The van der Waals surface area contributed by atoms with Crippen molar-refractivity contribution in [2.45, 2.75) is 25.6 Å². The van der Waals surface area contributed by atoms with E-state index in [1.54, 1.807) is 6.08 Å². The number of hydrogen-bond donors (Lipinski definition) is 1. The van der Waals surface area contributed by atoms with E-state index in [2.05, 4.69) is 31.4 Å². The zero-order chi connectivity index (χ0) is 13.1. The summed E-state index contributed by atoms with van der Waals surface area (Å²) in [5.74, 6) is -0.0868. The molecule has 0 saturated carbocycles. The van der Waals surface area contributed by atoms with Crippen molar-refractivity contribution in [1.82, 2.24) is 0 Å². The Labute approximate surface area is 109 Å². The Balaban J connectivity index is 2.17. The van der Waals surface area contributed by atoms with Gasteiger partial charge in [-0.1, -0.05) is 30.9 Å². The molecule has 0 bridgehead atoms.